The molecule has 8 heteroatoms. The molecule has 1 fully saturated rings. The van der Waals surface area contributed by atoms with Crippen molar-refractivity contribution in [3.05, 3.63) is 21.4 Å². The van der Waals surface area contributed by atoms with Gasteiger partial charge in [0.05, 0.1) is 11.5 Å². The molecule has 0 radical (unpaired) electrons. The fourth-order valence-electron chi connectivity index (χ4n) is 4.20. The minimum absolute atomic E-state index is 0.207. The maximum atomic E-state index is 12.6. The number of amides is 3. The number of carbonyl (C=O) groups excluding carboxylic acids is 3. The summed E-state index contributed by atoms with van der Waals surface area (Å²) >= 11 is 1.53. The fourth-order valence-corrected chi connectivity index (χ4v) is 5.30. The number of nitrogens with zero attached hydrogens (tertiary/aromatic N) is 1. The Morgan fingerprint density at radius 2 is 1.87 bits per heavy atom. The molecular formula is C22H33N3O4S. The molecule has 0 saturated carbocycles. The van der Waals surface area contributed by atoms with Crippen molar-refractivity contribution < 1.29 is 19.1 Å². The Morgan fingerprint density at radius 1 is 1.17 bits per heavy atom. The molecule has 2 aliphatic rings. The van der Waals surface area contributed by atoms with E-state index in [0.29, 0.717) is 43.3 Å². The molecule has 0 bridgehead atoms. The van der Waals surface area contributed by atoms with Crippen LogP contribution in [0.3, 0.4) is 0 Å². The summed E-state index contributed by atoms with van der Waals surface area (Å²) in [5, 5.41) is 0. The normalized spacial score (nSPS) is 19.7. The molecule has 2 N–H and O–H groups in total. The van der Waals surface area contributed by atoms with Gasteiger partial charge < -0.3 is 9.64 Å². The summed E-state index contributed by atoms with van der Waals surface area (Å²) in [5.41, 5.74) is 6.67. The van der Waals surface area contributed by atoms with Crippen LogP contribution in [-0.4, -0.2) is 42.5 Å². The smallest absolute Gasteiger partial charge is 0.409 e. The van der Waals surface area contributed by atoms with Gasteiger partial charge in [0, 0.05) is 23.9 Å². The van der Waals surface area contributed by atoms with E-state index >= 15 is 0 Å². The van der Waals surface area contributed by atoms with Crippen LogP contribution in [0.15, 0.2) is 6.07 Å². The first kappa shape index (κ1) is 22.6. The van der Waals surface area contributed by atoms with Gasteiger partial charge in [-0.25, -0.2) is 4.79 Å². The highest BCUT2D eigenvalue weighted by molar-refractivity contribution is 7.14. The Labute approximate surface area is 182 Å². The van der Waals surface area contributed by atoms with E-state index in [-0.39, 0.29) is 29.2 Å². The number of aryl methyl sites for hydroxylation is 1. The Morgan fingerprint density at radius 3 is 2.50 bits per heavy atom. The first-order chi connectivity index (χ1) is 14.2. The molecule has 0 unspecified atom stereocenters. The lowest BCUT2D eigenvalue weighted by Crippen LogP contribution is -2.48. The van der Waals surface area contributed by atoms with Crippen LogP contribution in [0.5, 0.6) is 0 Å². The van der Waals surface area contributed by atoms with Crippen molar-refractivity contribution >= 4 is 29.2 Å². The van der Waals surface area contributed by atoms with Crippen LogP contribution in [-0.2, 0) is 22.4 Å². The minimum Gasteiger partial charge on any atom is -0.450 e. The highest BCUT2D eigenvalue weighted by atomic mass is 32.1. The van der Waals surface area contributed by atoms with E-state index in [1.807, 2.05) is 6.07 Å². The third-order valence-corrected chi connectivity index (χ3v) is 7.46. The Bertz CT molecular complexity index is 791. The Hall–Kier alpha value is -2.09. The predicted octanol–water partition coefficient (Wildman–Crippen LogP) is 3.53. The van der Waals surface area contributed by atoms with Crippen LogP contribution in [0, 0.1) is 17.3 Å². The number of rotatable bonds is 3. The third-order valence-electron chi connectivity index (χ3n) is 6.22. The molecule has 166 valence electrons. The summed E-state index contributed by atoms with van der Waals surface area (Å²) in [6.45, 7) is 9.90. The van der Waals surface area contributed by atoms with Crippen molar-refractivity contribution in [1.29, 1.82) is 0 Å². The lowest BCUT2D eigenvalue weighted by molar-refractivity contribution is -0.127. The van der Waals surface area contributed by atoms with Crippen molar-refractivity contribution in [2.24, 2.45) is 17.3 Å². The number of piperidine rings is 1. The maximum Gasteiger partial charge on any atom is 0.409 e. The fraction of sp³-hybridized carbons (Fsp3) is 0.682. The first-order valence-electron chi connectivity index (χ1n) is 10.8. The van der Waals surface area contributed by atoms with Crippen LogP contribution in [0.4, 0.5) is 4.79 Å². The van der Waals surface area contributed by atoms with Crippen molar-refractivity contribution in [3.63, 3.8) is 0 Å². The number of likely N-dealkylation sites (tertiary alicyclic amines) is 1. The molecule has 1 aliphatic carbocycles. The van der Waals surface area contributed by atoms with Gasteiger partial charge in [0.25, 0.3) is 5.91 Å². The second-order valence-corrected chi connectivity index (χ2v) is 10.4. The van der Waals surface area contributed by atoms with Gasteiger partial charge in [-0.05, 0) is 62.0 Å². The highest BCUT2D eigenvalue weighted by Crippen LogP contribution is 2.40. The third kappa shape index (κ3) is 5.33. The van der Waals surface area contributed by atoms with E-state index in [1.54, 1.807) is 11.8 Å². The standard InChI is InChI=1S/C22H33N3O4S/c1-5-29-21(28)25-10-8-14(9-11-25)19(26)23-24-20(27)18-13-15-12-16(22(2,3)4)6-7-17(15)30-18/h13-14,16H,5-12H2,1-4H3,(H,23,26)(H,24,27)/t16-/m0/s1. The number of nitrogens with one attached hydrogen (secondary N) is 2. The molecule has 0 spiro atoms. The number of thiophene rings is 1. The van der Waals surface area contributed by atoms with E-state index in [1.165, 1.54) is 21.8 Å². The molecule has 7 nitrogen and oxygen atoms in total. The van der Waals surface area contributed by atoms with Crippen LogP contribution in [0.1, 0.15) is 67.1 Å². The van der Waals surface area contributed by atoms with Crippen molar-refractivity contribution in [2.75, 3.05) is 19.7 Å². The Kier molecular flexibility index (Phi) is 7.06. The predicted molar refractivity (Wildman–Crippen MR) is 116 cm³/mol. The minimum atomic E-state index is -0.333. The summed E-state index contributed by atoms with van der Waals surface area (Å²) in [6.07, 6.45) is 3.96. The summed E-state index contributed by atoms with van der Waals surface area (Å²) in [5.74, 6) is -0.0734. The number of carbonyl (C=O) groups is 3. The van der Waals surface area contributed by atoms with Crippen LogP contribution in [0.2, 0.25) is 0 Å². The van der Waals surface area contributed by atoms with Gasteiger partial charge in [-0.2, -0.15) is 0 Å². The van der Waals surface area contributed by atoms with Gasteiger partial charge in [0.2, 0.25) is 5.91 Å². The summed E-state index contributed by atoms with van der Waals surface area (Å²) in [7, 11) is 0. The highest BCUT2D eigenvalue weighted by Gasteiger charge is 2.31. The second-order valence-electron chi connectivity index (χ2n) is 9.27. The average Bonchev–Trinajstić information content (AvgIpc) is 3.15. The average molecular weight is 436 g/mol. The van der Waals surface area contributed by atoms with Crippen molar-refractivity contribution in [2.45, 2.75) is 59.8 Å². The molecule has 3 amide bonds. The van der Waals surface area contributed by atoms with E-state index < -0.39 is 0 Å². The molecule has 1 aliphatic heterocycles. The lowest BCUT2D eigenvalue weighted by Gasteiger charge is -2.33. The molecule has 1 aromatic heterocycles. The van der Waals surface area contributed by atoms with Gasteiger partial charge in [0.15, 0.2) is 0 Å². The number of hydrogen-bond acceptors (Lipinski definition) is 5. The van der Waals surface area contributed by atoms with E-state index in [4.69, 9.17) is 4.74 Å². The summed E-state index contributed by atoms with van der Waals surface area (Å²) in [6, 6.07) is 1.98. The molecule has 1 saturated heterocycles. The quantitative estimate of drug-likeness (QED) is 0.711. The zero-order chi connectivity index (χ0) is 21.9. The SMILES string of the molecule is CCOC(=O)N1CCC(C(=O)NNC(=O)c2cc3c(s2)CC[C@H](C(C)(C)C)C3)CC1. The van der Waals surface area contributed by atoms with Crippen LogP contribution < -0.4 is 10.9 Å². The molecule has 2 heterocycles. The summed E-state index contributed by atoms with van der Waals surface area (Å²) < 4.78 is 5.00. The lowest BCUT2D eigenvalue weighted by atomic mass is 9.72. The summed E-state index contributed by atoms with van der Waals surface area (Å²) in [4.78, 5) is 40.3. The van der Waals surface area contributed by atoms with E-state index in [0.717, 1.165) is 19.3 Å². The van der Waals surface area contributed by atoms with Gasteiger partial charge in [0.1, 0.15) is 0 Å². The molecule has 0 aromatic carbocycles. The molecule has 1 atom stereocenters. The van der Waals surface area contributed by atoms with E-state index in [9.17, 15) is 14.4 Å². The molecular weight excluding hydrogens is 402 g/mol. The number of fused-ring (bicyclic) bond motifs is 1. The zero-order valence-electron chi connectivity index (χ0n) is 18.4. The van der Waals surface area contributed by atoms with Crippen molar-refractivity contribution in [1.82, 2.24) is 15.8 Å². The van der Waals surface area contributed by atoms with Crippen LogP contribution >= 0.6 is 11.3 Å². The maximum absolute atomic E-state index is 12.6. The van der Waals surface area contributed by atoms with E-state index in [2.05, 4.69) is 31.6 Å². The first-order valence-corrected chi connectivity index (χ1v) is 11.6. The van der Waals surface area contributed by atoms with Gasteiger partial charge in [-0.3, -0.25) is 20.4 Å². The molecule has 3 rings (SSSR count). The second kappa shape index (κ2) is 9.37. The zero-order valence-corrected chi connectivity index (χ0v) is 19.2. The Balaban J connectivity index is 1.48. The van der Waals surface area contributed by atoms with Gasteiger partial charge in [-0.15, -0.1) is 11.3 Å². The van der Waals surface area contributed by atoms with Gasteiger partial charge >= 0.3 is 6.09 Å². The largest absolute Gasteiger partial charge is 0.450 e. The molecule has 1 aromatic rings. The monoisotopic (exact) mass is 435 g/mol. The van der Waals surface area contributed by atoms with Crippen LogP contribution in [0.25, 0.3) is 0 Å². The van der Waals surface area contributed by atoms with Crippen molar-refractivity contribution in [3.8, 4) is 0 Å². The number of hydrogen-bond donors (Lipinski definition) is 2. The molecule has 30 heavy (non-hydrogen) atoms. The number of hydrazine groups is 1. The topological polar surface area (TPSA) is 87.7 Å². The number of ether oxygens (including phenoxy) is 1. The van der Waals surface area contributed by atoms with Gasteiger partial charge in [-0.1, -0.05) is 20.8 Å².